The second-order valence-electron chi connectivity index (χ2n) is 6.82. The fourth-order valence-electron chi connectivity index (χ4n) is 3.31. The highest BCUT2D eigenvalue weighted by Gasteiger charge is 2.25. The van der Waals surface area contributed by atoms with E-state index in [4.69, 9.17) is 0 Å². The van der Waals surface area contributed by atoms with Crippen molar-refractivity contribution < 1.29 is 9.59 Å². The van der Waals surface area contributed by atoms with E-state index in [9.17, 15) is 9.59 Å². The zero-order valence-electron chi connectivity index (χ0n) is 15.5. The minimum absolute atomic E-state index is 0.0116. The number of aryl methyl sites for hydroxylation is 1. The van der Waals surface area contributed by atoms with E-state index in [1.807, 2.05) is 24.0 Å². The number of aromatic nitrogens is 3. The molecule has 0 aliphatic carbocycles. The average Bonchev–Trinajstić information content (AvgIpc) is 3.40. The molecule has 1 saturated heterocycles. The Labute approximate surface area is 167 Å². The summed E-state index contributed by atoms with van der Waals surface area (Å²) in [6.07, 6.45) is 8.26. The molecule has 3 aromatic rings. The number of carbonyl (C=O) groups excluding carboxylic acids is 2. The molecule has 0 saturated carbocycles. The van der Waals surface area contributed by atoms with Crippen molar-refractivity contribution in [2.45, 2.75) is 25.8 Å². The minimum atomic E-state index is -0.0259. The molecule has 4 heterocycles. The van der Waals surface area contributed by atoms with Gasteiger partial charge in [0.25, 0.3) is 11.8 Å². The maximum Gasteiger partial charge on any atom is 0.261 e. The highest BCUT2D eigenvalue weighted by molar-refractivity contribution is 7.13. The summed E-state index contributed by atoms with van der Waals surface area (Å²) in [6, 6.07) is 7.41. The van der Waals surface area contributed by atoms with Gasteiger partial charge in [0.1, 0.15) is 12.1 Å². The molecule has 8 heteroatoms. The molecule has 4 rings (SSSR count). The van der Waals surface area contributed by atoms with E-state index in [1.54, 1.807) is 41.6 Å². The smallest absolute Gasteiger partial charge is 0.261 e. The molecule has 144 valence electrons. The van der Waals surface area contributed by atoms with Crippen LogP contribution in [0.4, 0.5) is 0 Å². The SMILES string of the molecule is Cc1ccc(C(=O)NC2CCN(C(=O)c3ccnc(-n4ccnc4)c3)CC2)s1. The van der Waals surface area contributed by atoms with Crippen molar-refractivity contribution in [1.29, 1.82) is 0 Å². The van der Waals surface area contributed by atoms with E-state index >= 15 is 0 Å². The molecule has 0 aromatic carbocycles. The summed E-state index contributed by atoms with van der Waals surface area (Å²) in [5.41, 5.74) is 0.607. The number of rotatable bonds is 4. The van der Waals surface area contributed by atoms with E-state index in [2.05, 4.69) is 15.3 Å². The molecule has 1 aliphatic rings. The van der Waals surface area contributed by atoms with Crippen LogP contribution in [0.3, 0.4) is 0 Å². The minimum Gasteiger partial charge on any atom is -0.348 e. The maximum atomic E-state index is 12.9. The lowest BCUT2D eigenvalue weighted by molar-refractivity contribution is 0.0698. The molecule has 0 bridgehead atoms. The monoisotopic (exact) mass is 395 g/mol. The van der Waals surface area contributed by atoms with E-state index in [0.717, 1.165) is 22.6 Å². The summed E-state index contributed by atoms with van der Waals surface area (Å²) >= 11 is 1.50. The predicted octanol–water partition coefficient (Wildman–Crippen LogP) is 2.67. The molecule has 1 aliphatic heterocycles. The summed E-state index contributed by atoms with van der Waals surface area (Å²) in [5, 5.41) is 3.09. The van der Waals surface area contributed by atoms with Crippen molar-refractivity contribution in [2.24, 2.45) is 0 Å². The number of amides is 2. The number of nitrogens with one attached hydrogen (secondary N) is 1. The van der Waals surface area contributed by atoms with E-state index in [-0.39, 0.29) is 17.9 Å². The van der Waals surface area contributed by atoms with Gasteiger partial charge in [-0.05, 0) is 44.0 Å². The average molecular weight is 395 g/mol. The van der Waals surface area contributed by atoms with Gasteiger partial charge in [-0.1, -0.05) is 0 Å². The summed E-state index contributed by atoms with van der Waals surface area (Å²) in [5.74, 6) is 0.626. The second kappa shape index (κ2) is 7.93. The molecule has 1 N–H and O–H groups in total. The van der Waals surface area contributed by atoms with Crippen LogP contribution in [0.25, 0.3) is 5.82 Å². The van der Waals surface area contributed by atoms with E-state index in [0.29, 0.717) is 24.5 Å². The lowest BCUT2D eigenvalue weighted by Crippen LogP contribution is -2.46. The van der Waals surface area contributed by atoms with Crippen LogP contribution in [0.15, 0.2) is 49.2 Å². The van der Waals surface area contributed by atoms with Crippen LogP contribution < -0.4 is 5.32 Å². The molecule has 3 aromatic heterocycles. The van der Waals surface area contributed by atoms with Crippen molar-refractivity contribution in [3.05, 3.63) is 64.5 Å². The number of imidazole rings is 1. The molecule has 1 fully saturated rings. The number of likely N-dealkylation sites (tertiary alicyclic amines) is 1. The lowest BCUT2D eigenvalue weighted by Gasteiger charge is -2.32. The van der Waals surface area contributed by atoms with Crippen LogP contribution in [0, 0.1) is 6.92 Å². The van der Waals surface area contributed by atoms with Gasteiger partial charge in [0.2, 0.25) is 0 Å². The summed E-state index contributed by atoms with van der Waals surface area (Å²) < 4.78 is 1.77. The third-order valence-corrected chi connectivity index (χ3v) is 5.84. The number of hydrogen-bond donors (Lipinski definition) is 1. The molecular formula is C20H21N5O2S. The largest absolute Gasteiger partial charge is 0.348 e. The first kappa shape index (κ1) is 18.4. The Morgan fingerprint density at radius 3 is 2.68 bits per heavy atom. The predicted molar refractivity (Wildman–Crippen MR) is 107 cm³/mol. The van der Waals surface area contributed by atoms with Crippen molar-refractivity contribution in [3.63, 3.8) is 0 Å². The quantitative estimate of drug-likeness (QED) is 0.737. The molecular weight excluding hydrogens is 374 g/mol. The zero-order valence-corrected chi connectivity index (χ0v) is 16.4. The Kier molecular flexibility index (Phi) is 5.21. The van der Waals surface area contributed by atoms with E-state index < -0.39 is 0 Å². The molecule has 0 radical (unpaired) electrons. The number of thiophene rings is 1. The Hall–Kier alpha value is -3.00. The Morgan fingerprint density at radius 1 is 1.18 bits per heavy atom. The van der Waals surface area contributed by atoms with Crippen molar-refractivity contribution in [1.82, 2.24) is 24.8 Å². The summed E-state index contributed by atoms with van der Waals surface area (Å²) in [4.78, 5) is 37.2. The summed E-state index contributed by atoms with van der Waals surface area (Å²) in [7, 11) is 0. The number of hydrogen-bond acceptors (Lipinski definition) is 5. The van der Waals surface area contributed by atoms with Gasteiger partial charge in [-0.3, -0.25) is 14.2 Å². The topological polar surface area (TPSA) is 80.1 Å². The van der Waals surface area contributed by atoms with Crippen LogP contribution in [0.1, 0.15) is 37.7 Å². The number of nitrogens with zero attached hydrogens (tertiary/aromatic N) is 4. The van der Waals surface area contributed by atoms with Gasteiger partial charge < -0.3 is 10.2 Å². The first-order valence-corrected chi connectivity index (χ1v) is 10.0. The van der Waals surface area contributed by atoms with Crippen molar-refractivity contribution >= 4 is 23.2 Å². The molecule has 7 nitrogen and oxygen atoms in total. The van der Waals surface area contributed by atoms with Crippen LogP contribution in [-0.2, 0) is 0 Å². The molecule has 28 heavy (non-hydrogen) atoms. The number of carbonyl (C=O) groups is 2. The highest BCUT2D eigenvalue weighted by atomic mass is 32.1. The van der Waals surface area contributed by atoms with Crippen molar-refractivity contribution in [3.8, 4) is 5.82 Å². The number of pyridine rings is 1. The summed E-state index contributed by atoms with van der Waals surface area (Å²) in [6.45, 7) is 3.23. The van der Waals surface area contributed by atoms with Gasteiger partial charge in [-0.15, -0.1) is 11.3 Å². The third-order valence-electron chi connectivity index (χ3n) is 4.84. The Balaban J connectivity index is 1.35. The highest BCUT2D eigenvalue weighted by Crippen LogP contribution is 2.18. The first-order valence-electron chi connectivity index (χ1n) is 9.21. The van der Waals surface area contributed by atoms with Gasteiger partial charge in [-0.25, -0.2) is 9.97 Å². The first-order chi connectivity index (χ1) is 13.6. The fourth-order valence-corrected chi connectivity index (χ4v) is 4.08. The van der Waals surface area contributed by atoms with Crippen LogP contribution in [0.2, 0.25) is 0 Å². The molecule has 2 amide bonds. The van der Waals surface area contributed by atoms with Gasteiger partial charge in [0.05, 0.1) is 4.88 Å². The van der Waals surface area contributed by atoms with Crippen LogP contribution in [-0.4, -0.2) is 50.4 Å². The standard InChI is InChI=1S/C20H21N5O2S/c1-14-2-3-17(28-14)19(26)23-16-5-9-24(10-6-16)20(27)15-4-7-22-18(12-15)25-11-8-21-13-25/h2-4,7-8,11-13,16H,5-6,9-10H2,1H3,(H,23,26). The Bertz CT molecular complexity index is 974. The van der Waals surface area contributed by atoms with Crippen LogP contribution >= 0.6 is 11.3 Å². The van der Waals surface area contributed by atoms with E-state index in [1.165, 1.54) is 11.3 Å². The van der Waals surface area contributed by atoms with Crippen molar-refractivity contribution in [2.75, 3.05) is 13.1 Å². The second-order valence-corrected chi connectivity index (χ2v) is 8.11. The van der Waals surface area contributed by atoms with Gasteiger partial charge in [-0.2, -0.15) is 0 Å². The van der Waals surface area contributed by atoms with Gasteiger partial charge in [0.15, 0.2) is 0 Å². The molecule has 0 spiro atoms. The third kappa shape index (κ3) is 3.96. The normalized spacial score (nSPS) is 14.8. The maximum absolute atomic E-state index is 12.9. The molecule has 0 atom stereocenters. The Morgan fingerprint density at radius 2 is 2.00 bits per heavy atom. The van der Waals surface area contributed by atoms with Gasteiger partial charge in [0, 0.05) is 48.2 Å². The zero-order chi connectivity index (χ0) is 19.5. The fraction of sp³-hybridized carbons (Fsp3) is 0.300. The molecule has 0 unspecified atom stereocenters. The number of piperidine rings is 1. The van der Waals surface area contributed by atoms with Gasteiger partial charge >= 0.3 is 0 Å². The lowest BCUT2D eigenvalue weighted by atomic mass is 10.0. The van der Waals surface area contributed by atoms with Crippen LogP contribution in [0.5, 0.6) is 0 Å².